The minimum absolute atomic E-state index is 0.213. The van der Waals surface area contributed by atoms with Crippen molar-refractivity contribution >= 4 is 34.0 Å². The van der Waals surface area contributed by atoms with Gasteiger partial charge >= 0.3 is 0 Å². The van der Waals surface area contributed by atoms with Gasteiger partial charge in [-0.2, -0.15) is 0 Å². The highest BCUT2D eigenvalue weighted by Gasteiger charge is 2.17. The van der Waals surface area contributed by atoms with Gasteiger partial charge in [0.25, 0.3) is 0 Å². The smallest absolute Gasteiger partial charge is 0.138 e. The summed E-state index contributed by atoms with van der Waals surface area (Å²) in [5.41, 5.74) is 7.23. The number of likely N-dealkylation sites (tertiary alicyclic amines) is 1. The molecule has 0 unspecified atom stereocenters. The normalized spacial score (nSPS) is 18.3. The second-order valence-corrected chi connectivity index (χ2v) is 5.74. The van der Waals surface area contributed by atoms with E-state index in [1.54, 1.807) is 6.07 Å². The molecule has 1 heterocycles. The average Bonchev–Trinajstić information content (AvgIpc) is 2.29. The number of nitrogen functional groups attached to an aromatic ring is 1. The first-order valence-electron chi connectivity index (χ1n) is 5.76. The summed E-state index contributed by atoms with van der Waals surface area (Å²) in [4.78, 5) is 2.30. The van der Waals surface area contributed by atoms with Crippen LogP contribution in [0, 0.1) is 9.39 Å². The number of benzene rings is 1. The van der Waals surface area contributed by atoms with E-state index in [0.29, 0.717) is 15.3 Å². The SMILES string of the molecule is CN1CCC(Nc2cc(F)c(I)cc2N)CC1. The Balaban J connectivity index is 2.06. The monoisotopic (exact) mass is 349 g/mol. The molecule has 0 aromatic heterocycles. The molecule has 1 aromatic carbocycles. The van der Waals surface area contributed by atoms with Crippen molar-refractivity contribution in [1.29, 1.82) is 0 Å². The second-order valence-electron chi connectivity index (χ2n) is 4.58. The predicted molar refractivity (Wildman–Crippen MR) is 77.7 cm³/mol. The van der Waals surface area contributed by atoms with Gasteiger partial charge in [0.2, 0.25) is 0 Å². The van der Waals surface area contributed by atoms with Crippen LogP contribution in [0.4, 0.5) is 15.8 Å². The molecule has 1 fully saturated rings. The number of rotatable bonds is 2. The van der Waals surface area contributed by atoms with Gasteiger partial charge in [0.05, 0.1) is 14.9 Å². The highest BCUT2D eigenvalue weighted by atomic mass is 127. The van der Waals surface area contributed by atoms with Crippen molar-refractivity contribution in [2.24, 2.45) is 0 Å². The summed E-state index contributed by atoms with van der Waals surface area (Å²) in [6, 6.07) is 3.57. The van der Waals surface area contributed by atoms with Gasteiger partial charge in [-0.15, -0.1) is 0 Å². The predicted octanol–water partition coefficient (Wildman–Crippen LogP) is 2.52. The third-order valence-electron chi connectivity index (χ3n) is 3.17. The van der Waals surface area contributed by atoms with Gasteiger partial charge in [-0.3, -0.25) is 0 Å². The summed E-state index contributed by atoms with van der Waals surface area (Å²) in [7, 11) is 2.12. The van der Waals surface area contributed by atoms with Crippen LogP contribution >= 0.6 is 22.6 Å². The van der Waals surface area contributed by atoms with Crippen LogP contribution in [0.5, 0.6) is 0 Å². The van der Waals surface area contributed by atoms with Crippen molar-refractivity contribution in [3.63, 3.8) is 0 Å². The zero-order valence-corrected chi connectivity index (χ0v) is 12.0. The Bertz CT molecular complexity index is 403. The van der Waals surface area contributed by atoms with Crippen LogP contribution in [-0.2, 0) is 0 Å². The van der Waals surface area contributed by atoms with Crippen molar-refractivity contribution in [2.45, 2.75) is 18.9 Å². The Kier molecular flexibility index (Phi) is 4.09. The third-order valence-corrected chi connectivity index (χ3v) is 4.00. The van der Waals surface area contributed by atoms with E-state index in [9.17, 15) is 4.39 Å². The van der Waals surface area contributed by atoms with Gasteiger partial charge in [0, 0.05) is 12.1 Å². The Morgan fingerprint density at radius 3 is 2.71 bits per heavy atom. The summed E-state index contributed by atoms with van der Waals surface area (Å²) in [5.74, 6) is -0.213. The Morgan fingerprint density at radius 1 is 1.41 bits per heavy atom. The van der Waals surface area contributed by atoms with Gasteiger partial charge in [0.1, 0.15) is 5.82 Å². The number of halogens is 2. The largest absolute Gasteiger partial charge is 0.397 e. The van der Waals surface area contributed by atoms with Gasteiger partial charge in [0.15, 0.2) is 0 Å². The molecule has 0 saturated carbocycles. The van der Waals surface area contributed by atoms with Crippen molar-refractivity contribution < 1.29 is 4.39 Å². The number of hydrogen-bond acceptors (Lipinski definition) is 3. The van der Waals surface area contributed by atoms with Crippen LogP contribution in [0.15, 0.2) is 12.1 Å². The molecule has 0 radical (unpaired) electrons. The van der Waals surface area contributed by atoms with E-state index in [1.165, 1.54) is 6.07 Å². The first-order chi connectivity index (χ1) is 8.06. The molecular weight excluding hydrogens is 332 g/mol. The van der Waals surface area contributed by atoms with E-state index >= 15 is 0 Å². The van der Waals surface area contributed by atoms with Crippen molar-refractivity contribution in [3.8, 4) is 0 Å². The Hall–Kier alpha value is -0.560. The van der Waals surface area contributed by atoms with Crippen LogP contribution in [0.25, 0.3) is 0 Å². The van der Waals surface area contributed by atoms with Crippen LogP contribution in [0.2, 0.25) is 0 Å². The third kappa shape index (κ3) is 3.22. The van der Waals surface area contributed by atoms with Crippen LogP contribution < -0.4 is 11.1 Å². The van der Waals surface area contributed by atoms with Gasteiger partial charge in [-0.05, 0) is 61.6 Å². The first-order valence-corrected chi connectivity index (χ1v) is 6.83. The Morgan fingerprint density at radius 2 is 2.06 bits per heavy atom. The standard InChI is InChI=1S/C12H17FIN3/c1-17-4-2-8(3-5-17)16-12-6-9(13)10(14)7-11(12)15/h6-8,16H,2-5,15H2,1H3. The molecule has 0 spiro atoms. The summed E-state index contributed by atoms with van der Waals surface area (Å²) in [6.07, 6.45) is 2.15. The minimum atomic E-state index is -0.213. The molecule has 1 aliphatic heterocycles. The second kappa shape index (κ2) is 5.39. The molecule has 94 valence electrons. The van der Waals surface area contributed by atoms with Crippen LogP contribution in [-0.4, -0.2) is 31.1 Å². The zero-order valence-electron chi connectivity index (χ0n) is 9.84. The summed E-state index contributed by atoms with van der Waals surface area (Å²) in [6.45, 7) is 2.15. The molecule has 0 atom stereocenters. The fourth-order valence-electron chi connectivity index (χ4n) is 2.06. The molecule has 1 saturated heterocycles. The highest BCUT2D eigenvalue weighted by molar-refractivity contribution is 14.1. The lowest BCUT2D eigenvalue weighted by Crippen LogP contribution is -2.36. The number of anilines is 2. The molecule has 0 aliphatic carbocycles. The molecule has 0 amide bonds. The maximum absolute atomic E-state index is 13.5. The average molecular weight is 349 g/mol. The number of nitrogens with two attached hydrogens (primary N) is 1. The molecule has 3 N–H and O–H groups in total. The molecular formula is C12H17FIN3. The molecule has 1 aromatic rings. The number of nitrogens with zero attached hydrogens (tertiary/aromatic N) is 1. The van der Waals surface area contributed by atoms with Crippen LogP contribution in [0.1, 0.15) is 12.8 Å². The Labute approximate surface area is 115 Å². The number of piperidine rings is 1. The number of hydrogen-bond donors (Lipinski definition) is 2. The fraction of sp³-hybridized carbons (Fsp3) is 0.500. The molecule has 5 heteroatoms. The zero-order chi connectivity index (χ0) is 12.4. The maximum Gasteiger partial charge on any atom is 0.138 e. The molecule has 0 bridgehead atoms. The first kappa shape index (κ1) is 12.9. The summed E-state index contributed by atoms with van der Waals surface area (Å²) >= 11 is 1.95. The summed E-state index contributed by atoms with van der Waals surface area (Å²) in [5, 5.41) is 3.34. The van der Waals surface area contributed by atoms with E-state index < -0.39 is 0 Å². The topological polar surface area (TPSA) is 41.3 Å². The molecule has 3 nitrogen and oxygen atoms in total. The van der Waals surface area contributed by atoms with Crippen molar-refractivity contribution in [3.05, 3.63) is 21.5 Å². The van der Waals surface area contributed by atoms with E-state index in [4.69, 9.17) is 5.73 Å². The van der Waals surface area contributed by atoms with Crippen LogP contribution in [0.3, 0.4) is 0 Å². The van der Waals surface area contributed by atoms with E-state index in [-0.39, 0.29) is 5.82 Å². The van der Waals surface area contributed by atoms with Gasteiger partial charge < -0.3 is 16.0 Å². The van der Waals surface area contributed by atoms with E-state index in [0.717, 1.165) is 31.6 Å². The lowest BCUT2D eigenvalue weighted by atomic mass is 10.0. The van der Waals surface area contributed by atoms with Crippen molar-refractivity contribution in [2.75, 3.05) is 31.2 Å². The van der Waals surface area contributed by atoms with E-state index in [2.05, 4.69) is 17.3 Å². The lowest BCUT2D eigenvalue weighted by Gasteiger charge is -2.30. The van der Waals surface area contributed by atoms with Gasteiger partial charge in [-0.25, -0.2) is 4.39 Å². The molecule has 2 rings (SSSR count). The van der Waals surface area contributed by atoms with Gasteiger partial charge in [-0.1, -0.05) is 0 Å². The molecule has 1 aliphatic rings. The minimum Gasteiger partial charge on any atom is -0.397 e. The fourth-order valence-corrected chi connectivity index (χ4v) is 2.55. The van der Waals surface area contributed by atoms with Crippen molar-refractivity contribution in [1.82, 2.24) is 4.90 Å². The number of nitrogens with one attached hydrogen (secondary N) is 1. The quantitative estimate of drug-likeness (QED) is 0.637. The lowest BCUT2D eigenvalue weighted by molar-refractivity contribution is 0.264. The van der Waals surface area contributed by atoms with E-state index in [1.807, 2.05) is 22.6 Å². The highest BCUT2D eigenvalue weighted by Crippen LogP contribution is 2.26. The maximum atomic E-state index is 13.5. The summed E-state index contributed by atoms with van der Waals surface area (Å²) < 4.78 is 14.0. The molecule has 17 heavy (non-hydrogen) atoms.